The van der Waals surface area contributed by atoms with Crippen molar-refractivity contribution in [1.29, 1.82) is 0 Å². The van der Waals surface area contributed by atoms with Crippen LogP contribution in [0.4, 0.5) is 0 Å². The maximum absolute atomic E-state index is 12.6. The number of carbonyl (C=O) groups excluding carboxylic acids is 2. The maximum atomic E-state index is 12.6. The van der Waals surface area contributed by atoms with Crippen molar-refractivity contribution in [3.05, 3.63) is 23.8 Å². The molecule has 3 aliphatic rings. The summed E-state index contributed by atoms with van der Waals surface area (Å²) in [6.45, 7) is 9.97. The minimum absolute atomic E-state index is 0.00281. The van der Waals surface area contributed by atoms with Crippen LogP contribution in [0.5, 0.6) is 0 Å². The summed E-state index contributed by atoms with van der Waals surface area (Å²) in [7, 11) is 0. The van der Waals surface area contributed by atoms with Gasteiger partial charge in [0, 0.05) is 19.0 Å². The van der Waals surface area contributed by atoms with Crippen LogP contribution in [-0.2, 0) is 14.3 Å². The zero-order valence-electron chi connectivity index (χ0n) is 22.0. The third-order valence-corrected chi connectivity index (χ3v) is 8.06. The highest BCUT2D eigenvalue weighted by Crippen LogP contribution is 2.45. The first-order chi connectivity index (χ1) is 16.7. The van der Waals surface area contributed by atoms with Gasteiger partial charge in [0.2, 0.25) is 5.91 Å². The summed E-state index contributed by atoms with van der Waals surface area (Å²) in [6, 6.07) is 0. The number of rotatable bonds is 11. The van der Waals surface area contributed by atoms with E-state index in [0.29, 0.717) is 18.3 Å². The molecule has 1 fully saturated rings. The van der Waals surface area contributed by atoms with Crippen molar-refractivity contribution in [2.75, 3.05) is 13.1 Å². The van der Waals surface area contributed by atoms with Crippen LogP contribution in [0, 0.1) is 29.6 Å². The summed E-state index contributed by atoms with van der Waals surface area (Å²) in [5.41, 5.74) is 4.07. The van der Waals surface area contributed by atoms with E-state index in [1.165, 1.54) is 5.57 Å². The number of esters is 1. The fraction of sp³-hybridized carbons (Fsp3) is 0.786. The third-order valence-electron chi connectivity index (χ3n) is 8.06. The number of aliphatic hydroxyl groups excluding tert-OH is 2. The van der Waals surface area contributed by atoms with Crippen molar-refractivity contribution >= 4 is 11.9 Å². The molecule has 1 heterocycles. The highest BCUT2D eigenvalue weighted by molar-refractivity contribution is 5.75. The molecule has 1 unspecified atom stereocenters. The van der Waals surface area contributed by atoms with Crippen LogP contribution in [0.2, 0.25) is 0 Å². The molecule has 0 aromatic carbocycles. The molecular weight excluding hydrogens is 444 g/mol. The van der Waals surface area contributed by atoms with Crippen molar-refractivity contribution in [2.45, 2.75) is 97.4 Å². The van der Waals surface area contributed by atoms with E-state index in [2.05, 4.69) is 37.5 Å². The molecular formula is C28H46N2O5. The van der Waals surface area contributed by atoms with E-state index < -0.39 is 12.2 Å². The van der Waals surface area contributed by atoms with Crippen LogP contribution in [0.15, 0.2) is 23.8 Å². The maximum Gasteiger partial charge on any atom is 0.308 e. The molecule has 0 radical (unpaired) electrons. The summed E-state index contributed by atoms with van der Waals surface area (Å²) in [4.78, 5) is 24.8. The minimum atomic E-state index is -0.869. The van der Waals surface area contributed by atoms with Gasteiger partial charge in [-0.2, -0.15) is 0 Å². The average Bonchev–Trinajstić information content (AvgIpc) is 3.30. The lowest BCUT2D eigenvalue weighted by atomic mass is 9.65. The highest BCUT2D eigenvalue weighted by Gasteiger charge is 2.41. The summed E-state index contributed by atoms with van der Waals surface area (Å²) in [6.07, 6.45) is 10.2. The standard InChI is InChI=1S/C28H46N2O5/c1-5-19(3)28(34)35-25-15-18(2)14-21-9-8-20(4)24(27(21)25)11-10-22(31)16-23(32)17-26(33)29-30-12-6-7-13-30/h8-9,14,18-20,22-25,27,31-32H,5-7,10-13,15-17H2,1-4H3,(H,29,33)/t18-,19-,20-,22+,23+,24?,25-,27-/m0/s1. The van der Waals surface area contributed by atoms with E-state index in [1.54, 1.807) is 0 Å². The van der Waals surface area contributed by atoms with Crippen LogP contribution in [0.25, 0.3) is 0 Å². The number of carbonyl (C=O) groups is 2. The Bertz CT molecular complexity index is 775. The number of amides is 1. The molecule has 0 saturated carbocycles. The Labute approximate surface area is 211 Å². The summed E-state index contributed by atoms with van der Waals surface area (Å²) in [5, 5.41) is 22.9. The van der Waals surface area contributed by atoms with Crippen LogP contribution in [-0.4, -0.2) is 58.5 Å². The molecule has 3 N–H and O–H groups in total. The molecule has 198 valence electrons. The number of hydrazine groups is 1. The summed E-state index contributed by atoms with van der Waals surface area (Å²) >= 11 is 0. The number of hydrogen-bond donors (Lipinski definition) is 3. The van der Waals surface area contributed by atoms with E-state index >= 15 is 0 Å². The summed E-state index contributed by atoms with van der Waals surface area (Å²) in [5.74, 6) is 0.597. The van der Waals surface area contributed by atoms with E-state index in [0.717, 1.165) is 45.2 Å². The largest absolute Gasteiger partial charge is 0.461 e. The molecule has 35 heavy (non-hydrogen) atoms. The molecule has 0 bridgehead atoms. The first kappa shape index (κ1) is 27.9. The fourth-order valence-corrected chi connectivity index (χ4v) is 5.82. The number of nitrogens with one attached hydrogen (secondary N) is 1. The van der Waals surface area contributed by atoms with Crippen molar-refractivity contribution in [1.82, 2.24) is 10.4 Å². The van der Waals surface area contributed by atoms with Crippen LogP contribution in [0.3, 0.4) is 0 Å². The topological polar surface area (TPSA) is 99.1 Å². The van der Waals surface area contributed by atoms with Gasteiger partial charge < -0.3 is 14.9 Å². The monoisotopic (exact) mass is 490 g/mol. The Morgan fingerprint density at radius 3 is 2.60 bits per heavy atom. The number of allylic oxidation sites excluding steroid dienone is 3. The quantitative estimate of drug-likeness (QED) is 0.382. The molecule has 0 aromatic rings. The van der Waals surface area contributed by atoms with Crippen molar-refractivity contribution in [2.24, 2.45) is 29.6 Å². The molecule has 0 aromatic heterocycles. The second-order valence-corrected chi connectivity index (χ2v) is 11.1. The molecule has 1 saturated heterocycles. The van der Waals surface area contributed by atoms with Gasteiger partial charge in [-0.25, -0.2) is 5.01 Å². The van der Waals surface area contributed by atoms with E-state index in [4.69, 9.17) is 4.74 Å². The first-order valence-electron chi connectivity index (χ1n) is 13.7. The Hall–Kier alpha value is -1.70. The predicted octanol–water partition coefficient (Wildman–Crippen LogP) is 3.76. The van der Waals surface area contributed by atoms with Crippen LogP contribution < -0.4 is 5.43 Å². The molecule has 3 rings (SSSR count). The molecule has 1 amide bonds. The Balaban J connectivity index is 1.55. The fourth-order valence-electron chi connectivity index (χ4n) is 5.82. The van der Waals surface area contributed by atoms with Gasteiger partial charge in [0.25, 0.3) is 0 Å². The minimum Gasteiger partial charge on any atom is -0.461 e. The number of hydrogen-bond acceptors (Lipinski definition) is 6. The molecule has 1 aliphatic heterocycles. The second kappa shape index (κ2) is 13.0. The van der Waals surface area contributed by atoms with Gasteiger partial charge in [0.1, 0.15) is 6.10 Å². The van der Waals surface area contributed by atoms with Gasteiger partial charge in [-0.1, -0.05) is 45.9 Å². The first-order valence-corrected chi connectivity index (χ1v) is 13.7. The lowest BCUT2D eigenvalue weighted by molar-refractivity contribution is -0.158. The molecule has 2 aliphatic carbocycles. The van der Waals surface area contributed by atoms with Gasteiger partial charge in [-0.15, -0.1) is 0 Å². The zero-order chi connectivity index (χ0) is 25.5. The van der Waals surface area contributed by atoms with E-state index in [1.807, 2.05) is 18.9 Å². The number of nitrogens with zero attached hydrogens (tertiary/aromatic N) is 1. The Morgan fingerprint density at radius 2 is 1.91 bits per heavy atom. The van der Waals surface area contributed by atoms with Gasteiger partial charge in [0.15, 0.2) is 0 Å². The number of fused-ring (bicyclic) bond motifs is 1. The van der Waals surface area contributed by atoms with Gasteiger partial charge in [-0.05, 0) is 68.3 Å². The van der Waals surface area contributed by atoms with Gasteiger partial charge in [-0.3, -0.25) is 15.0 Å². The normalized spacial score (nSPS) is 31.3. The molecule has 8 atom stereocenters. The van der Waals surface area contributed by atoms with E-state index in [9.17, 15) is 19.8 Å². The number of ether oxygens (including phenoxy) is 1. The van der Waals surface area contributed by atoms with Crippen LogP contribution >= 0.6 is 0 Å². The summed E-state index contributed by atoms with van der Waals surface area (Å²) < 4.78 is 6.07. The zero-order valence-corrected chi connectivity index (χ0v) is 22.0. The Kier molecular flexibility index (Phi) is 10.4. The SMILES string of the molecule is CC[C@H](C)C(=O)O[C@H]1C[C@@H](C)C=C2C=C[C@H](C)C(CC[C@@H](O)C[C@@H](O)CC(=O)NN3CCCC3)[C@H]21. The van der Waals surface area contributed by atoms with Gasteiger partial charge in [0.05, 0.1) is 24.5 Å². The van der Waals surface area contributed by atoms with E-state index in [-0.39, 0.29) is 48.6 Å². The predicted molar refractivity (Wildman–Crippen MR) is 136 cm³/mol. The third kappa shape index (κ3) is 7.89. The molecule has 7 nitrogen and oxygen atoms in total. The number of aliphatic hydroxyl groups is 2. The van der Waals surface area contributed by atoms with Crippen molar-refractivity contribution < 1.29 is 24.5 Å². The second-order valence-electron chi connectivity index (χ2n) is 11.1. The van der Waals surface area contributed by atoms with Gasteiger partial charge >= 0.3 is 5.97 Å². The van der Waals surface area contributed by atoms with Crippen molar-refractivity contribution in [3.8, 4) is 0 Å². The van der Waals surface area contributed by atoms with Crippen molar-refractivity contribution in [3.63, 3.8) is 0 Å². The lowest BCUT2D eigenvalue weighted by Gasteiger charge is -2.43. The average molecular weight is 491 g/mol. The molecule has 7 heteroatoms. The van der Waals surface area contributed by atoms with Crippen LogP contribution in [0.1, 0.15) is 79.1 Å². The highest BCUT2D eigenvalue weighted by atomic mass is 16.5. The molecule has 0 spiro atoms. The Morgan fingerprint density at radius 1 is 1.20 bits per heavy atom. The lowest BCUT2D eigenvalue weighted by Crippen LogP contribution is -2.42. The smallest absolute Gasteiger partial charge is 0.308 e.